The van der Waals surface area contributed by atoms with Gasteiger partial charge in [-0.25, -0.2) is 0 Å². The standard InChI is InChI=1S/C19H32N2/c1-5-16-9-11-17(12-10-16)15-18(20-6-2)19(21(3)4)13-7-8-14-19/h9-12,18,20H,5-8,13-15H2,1-4H3. The van der Waals surface area contributed by atoms with E-state index in [1.54, 1.807) is 0 Å². The van der Waals surface area contributed by atoms with Crippen LogP contribution in [-0.2, 0) is 12.8 Å². The Labute approximate surface area is 130 Å². The summed E-state index contributed by atoms with van der Waals surface area (Å²) in [5.41, 5.74) is 3.23. The van der Waals surface area contributed by atoms with E-state index >= 15 is 0 Å². The Morgan fingerprint density at radius 3 is 2.10 bits per heavy atom. The van der Waals surface area contributed by atoms with Crippen LogP contribution in [-0.4, -0.2) is 37.1 Å². The predicted octanol–water partition coefficient (Wildman–Crippen LogP) is 3.64. The third kappa shape index (κ3) is 3.67. The van der Waals surface area contributed by atoms with Crippen LogP contribution in [0.3, 0.4) is 0 Å². The third-order valence-electron chi connectivity index (χ3n) is 5.33. The molecule has 0 spiro atoms. The van der Waals surface area contributed by atoms with E-state index in [0.717, 1.165) is 19.4 Å². The first-order chi connectivity index (χ1) is 10.1. The molecule has 1 N–H and O–H groups in total. The third-order valence-corrected chi connectivity index (χ3v) is 5.33. The predicted molar refractivity (Wildman–Crippen MR) is 91.9 cm³/mol. The highest BCUT2D eigenvalue weighted by molar-refractivity contribution is 5.24. The maximum Gasteiger partial charge on any atom is 0.0359 e. The molecule has 1 atom stereocenters. The lowest BCUT2D eigenvalue weighted by atomic mass is 9.83. The Morgan fingerprint density at radius 1 is 1.05 bits per heavy atom. The van der Waals surface area contributed by atoms with E-state index in [1.807, 2.05) is 0 Å². The van der Waals surface area contributed by atoms with E-state index in [0.29, 0.717) is 11.6 Å². The Hall–Kier alpha value is -0.860. The molecule has 0 aromatic heterocycles. The van der Waals surface area contributed by atoms with Crippen LogP contribution in [0.5, 0.6) is 0 Å². The molecule has 1 unspecified atom stereocenters. The molecule has 0 radical (unpaired) electrons. The molecule has 0 aliphatic heterocycles. The number of hydrogen-bond donors (Lipinski definition) is 1. The molecule has 118 valence electrons. The number of nitrogens with one attached hydrogen (secondary N) is 1. The highest BCUT2D eigenvalue weighted by atomic mass is 15.2. The number of rotatable bonds is 7. The van der Waals surface area contributed by atoms with Gasteiger partial charge in [-0.2, -0.15) is 0 Å². The second-order valence-electron chi connectivity index (χ2n) is 6.69. The molecule has 21 heavy (non-hydrogen) atoms. The van der Waals surface area contributed by atoms with Gasteiger partial charge in [0.2, 0.25) is 0 Å². The number of benzene rings is 1. The van der Waals surface area contributed by atoms with Crippen molar-refractivity contribution in [3.05, 3.63) is 35.4 Å². The largest absolute Gasteiger partial charge is 0.312 e. The molecular formula is C19H32N2. The summed E-state index contributed by atoms with van der Waals surface area (Å²) in [5, 5.41) is 3.78. The van der Waals surface area contributed by atoms with Crippen molar-refractivity contribution >= 4 is 0 Å². The lowest BCUT2D eigenvalue weighted by Crippen LogP contribution is -2.58. The van der Waals surface area contributed by atoms with Crippen molar-refractivity contribution in [2.45, 2.75) is 64.0 Å². The van der Waals surface area contributed by atoms with Gasteiger partial charge in [0.25, 0.3) is 0 Å². The number of aryl methyl sites for hydroxylation is 1. The van der Waals surface area contributed by atoms with E-state index in [1.165, 1.54) is 36.8 Å². The van der Waals surface area contributed by atoms with E-state index in [9.17, 15) is 0 Å². The number of likely N-dealkylation sites (N-methyl/N-ethyl adjacent to an activating group) is 2. The van der Waals surface area contributed by atoms with Crippen molar-refractivity contribution in [2.75, 3.05) is 20.6 Å². The van der Waals surface area contributed by atoms with Crippen LogP contribution in [0.15, 0.2) is 24.3 Å². The summed E-state index contributed by atoms with van der Waals surface area (Å²) in [6.07, 6.45) is 7.65. The van der Waals surface area contributed by atoms with Gasteiger partial charge in [0, 0.05) is 11.6 Å². The highest BCUT2D eigenvalue weighted by Crippen LogP contribution is 2.37. The van der Waals surface area contributed by atoms with Crippen LogP contribution >= 0.6 is 0 Å². The second kappa shape index (κ2) is 7.42. The minimum absolute atomic E-state index is 0.333. The van der Waals surface area contributed by atoms with Crippen LogP contribution in [0.1, 0.15) is 50.7 Å². The first-order valence-electron chi connectivity index (χ1n) is 8.61. The molecule has 2 nitrogen and oxygen atoms in total. The summed E-state index contributed by atoms with van der Waals surface area (Å²) in [4.78, 5) is 2.48. The molecule has 1 saturated carbocycles. The van der Waals surface area contributed by atoms with Gasteiger partial charge in [-0.05, 0) is 57.5 Å². The van der Waals surface area contributed by atoms with Crippen molar-refractivity contribution < 1.29 is 0 Å². The van der Waals surface area contributed by atoms with Crippen LogP contribution in [0.4, 0.5) is 0 Å². The van der Waals surface area contributed by atoms with Crippen LogP contribution in [0.25, 0.3) is 0 Å². The van der Waals surface area contributed by atoms with Gasteiger partial charge < -0.3 is 10.2 Å². The average Bonchev–Trinajstić information content (AvgIpc) is 2.98. The first-order valence-corrected chi connectivity index (χ1v) is 8.61. The molecule has 0 bridgehead atoms. The first kappa shape index (κ1) is 16.5. The molecule has 0 heterocycles. The van der Waals surface area contributed by atoms with E-state index in [-0.39, 0.29) is 0 Å². The molecule has 2 rings (SSSR count). The van der Waals surface area contributed by atoms with Gasteiger partial charge >= 0.3 is 0 Å². The molecule has 1 aromatic carbocycles. The Balaban J connectivity index is 2.17. The van der Waals surface area contributed by atoms with Crippen LogP contribution < -0.4 is 5.32 Å². The maximum absolute atomic E-state index is 3.78. The summed E-state index contributed by atoms with van der Waals surface area (Å²) in [6.45, 7) is 5.49. The fourth-order valence-corrected chi connectivity index (χ4v) is 3.94. The van der Waals surface area contributed by atoms with Crippen molar-refractivity contribution in [1.29, 1.82) is 0 Å². The molecule has 2 heteroatoms. The van der Waals surface area contributed by atoms with E-state index in [4.69, 9.17) is 0 Å². The second-order valence-corrected chi connectivity index (χ2v) is 6.69. The van der Waals surface area contributed by atoms with Gasteiger partial charge in [0.1, 0.15) is 0 Å². The molecule has 1 aromatic rings. The summed E-state index contributed by atoms with van der Waals surface area (Å²) in [7, 11) is 4.52. The normalized spacial score (nSPS) is 19.1. The van der Waals surface area contributed by atoms with Crippen molar-refractivity contribution in [3.8, 4) is 0 Å². The van der Waals surface area contributed by atoms with Gasteiger partial charge in [-0.1, -0.05) is 51.0 Å². The monoisotopic (exact) mass is 288 g/mol. The fraction of sp³-hybridized carbons (Fsp3) is 0.684. The van der Waals surface area contributed by atoms with Gasteiger partial charge in [-0.3, -0.25) is 0 Å². The summed E-state index contributed by atoms with van der Waals surface area (Å²) < 4.78 is 0. The molecule has 1 aliphatic carbocycles. The zero-order valence-corrected chi connectivity index (χ0v) is 14.3. The topological polar surface area (TPSA) is 15.3 Å². The Kier molecular flexibility index (Phi) is 5.83. The lowest BCUT2D eigenvalue weighted by Gasteiger charge is -2.44. The Morgan fingerprint density at radius 2 is 1.62 bits per heavy atom. The fourth-order valence-electron chi connectivity index (χ4n) is 3.94. The zero-order valence-electron chi connectivity index (χ0n) is 14.3. The summed E-state index contributed by atoms with van der Waals surface area (Å²) in [6, 6.07) is 9.76. The van der Waals surface area contributed by atoms with Crippen molar-refractivity contribution in [3.63, 3.8) is 0 Å². The van der Waals surface area contributed by atoms with Crippen molar-refractivity contribution in [2.24, 2.45) is 0 Å². The zero-order chi connectivity index (χ0) is 15.3. The lowest BCUT2D eigenvalue weighted by molar-refractivity contribution is 0.105. The molecule has 0 saturated heterocycles. The SMILES string of the molecule is CCNC(Cc1ccc(CC)cc1)C1(N(C)C)CCCC1. The van der Waals surface area contributed by atoms with Gasteiger partial charge in [0.05, 0.1) is 0 Å². The minimum Gasteiger partial charge on any atom is -0.312 e. The maximum atomic E-state index is 3.78. The number of hydrogen-bond acceptors (Lipinski definition) is 2. The van der Waals surface area contributed by atoms with Crippen molar-refractivity contribution in [1.82, 2.24) is 10.2 Å². The van der Waals surface area contributed by atoms with Gasteiger partial charge in [0.15, 0.2) is 0 Å². The van der Waals surface area contributed by atoms with E-state index < -0.39 is 0 Å². The van der Waals surface area contributed by atoms with E-state index in [2.05, 4.69) is 62.4 Å². The smallest absolute Gasteiger partial charge is 0.0359 e. The molecular weight excluding hydrogens is 256 g/mol. The van der Waals surface area contributed by atoms with Crippen LogP contribution in [0.2, 0.25) is 0 Å². The van der Waals surface area contributed by atoms with Crippen LogP contribution in [0, 0.1) is 0 Å². The molecule has 1 fully saturated rings. The molecule has 1 aliphatic rings. The average molecular weight is 288 g/mol. The summed E-state index contributed by atoms with van der Waals surface area (Å²) >= 11 is 0. The van der Waals surface area contributed by atoms with Gasteiger partial charge in [-0.15, -0.1) is 0 Å². The summed E-state index contributed by atoms with van der Waals surface area (Å²) in [5.74, 6) is 0. The highest BCUT2D eigenvalue weighted by Gasteiger charge is 2.42. The Bertz CT molecular complexity index is 416. The number of nitrogens with zero attached hydrogens (tertiary/aromatic N) is 1. The molecule has 0 amide bonds. The minimum atomic E-state index is 0.333. The quantitative estimate of drug-likeness (QED) is 0.824.